The molecule has 5 nitrogen and oxygen atoms in total. The summed E-state index contributed by atoms with van der Waals surface area (Å²) >= 11 is 1.30. The molecule has 0 unspecified atom stereocenters. The highest BCUT2D eigenvalue weighted by molar-refractivity contribution is 8.04. The van der Waals surface area contributed by atoms with E-state index in [9.17, 15) is 9.59 Å². The summed E-state index contributed by atoms with van der Waals surface area (Å²) in [5.74, 6) is 0.264. The number of hydrogen-bond donors (Lipinski definition) is 2. The molecule has 2 N–H and O–H groups in total. The van der Waals surface area contributed by atoms with Crippen LogP contribution in [0.1, 0.15) is 38.3 Å². The SMILES string of the molecule is CCCCOc1ccc([C@@H](C)NC(=O)/C=C2\Sc3ccccc3NC2=O)cc1. The molecule has 1 atom stereocenters. The number of carbonyl (C=O) groups is 2. The summed E-state index contributed by atoms with van der Waals surface area (Å²) in [6.07, 6.45) is 3.48. The average Bonchev–Trinajstić information content (AvgIpc) is 2.69. The molecule has 0 fully saturated rings. The van der Waals surface area contributed by atoms with Crippen molar-refractivity contribution in [3.8, 4) is 5.75 Å². The zero-order valence-corrected chi connectivity index (χ0v) is 16.8. The molecule has 2 aromatic carbocycles. The number of hydrogen-bond acceptors (Lipinski definition) is 4. The Balaban J connectivity index is 1.60. The predicted octanol–water partition coefficient (Wildman–Crippen LogP) is 4.67. The number of carbonyl (C=O) groups excluding carboxylic acids is 2. The third kappa shape index (κ3) is 5.16. The highest BCUT2D eigenvalue weighted by atomic mass is 32.2. The number of thioether (sulfide) groups is 1. The highest BCUT2D eigenvalue weighted by Gasteiger charge is 2.21. The van der Waals surface area contributed by atoms with Gasteiger partial charge in [0.2, 0.25) is 5.91 Å². The number of benzene rings is 2. The van der Waals surface area contributed by atoms with Gasteiger partial charge < -0.3 is 15.4 Å². The summed E-state index contributed by atoms with van der Waals surface area (Å²) < 4.78 is 5.66. The smallest absolute Gasteiger partial charge is 0.262 e. The van der Waals surface area contributed by atoms with E-state index in [0.717, 1.165) is 34.7 Å². The third-order valence-corrected chi connectivity index (χ3v) is 5.45. The van der Waals surface area contributed by atoms with Gasteiger partial charge in [-0.1, -0.05) is 49.4 Å². The van der Waals surface area contributed by atoms with Crippen LogP contribution in [0, 0.1) is 0 Å². The van der Waals surface area contributed by atoms with Crippen LogP contribution in [0.3, 0.4) is 0 Å². The molecule has 0 spiro atoms. The molecule has 1 aliphatic heterocycles. The van der Waals surface area contributed by atoms with Crippen LogP contribution >= 0.6 is 11.8 Å². The molecular formula is C22H24N2O3S. The first-order chi connectivity index (χ1) is 13.6. The van der Waals surface area contributed by atoms with E-state index >= 15 is 0 Å². The molecule has 3 rings (SSSR count). The molecule has 1 heterocycles. The maximum atomic E-state index is 12.4. The van der Waals surface area contributed by atoms with Crippen LogP contribution in [0.2, 0.25) is 0 Å². The highest BCUT2D eigenvalue weighted by Crippen LogP contribution is 2.37. The second kappa shape index (κ2) is 9.46. The summed E-state index contributed by atoms with van der Waals surface area (Å²) in [4.78, 5) is 25.9. The lowest BCUT2D eigenvalue weighted by atomic mass is 10.1. The number of amides is 2. The Morgan fingerprint density at radius 1 is 1.21 bits per heavy atom. The largest absolute Gasteiger partial charge is 0.494 e. The quantitative estimate of drug-likeness (QED) is 0.527. The number of ether oxygens (including phenoxy) is 1. The molecule has 1 aliphatic rings. The minimum absolute atomic E-state index is 0.182. The zero-order chi connectivity index (χ0) is 19.9. The number of para-hydroxylation sites is 1. The molecule has 28 heavy (non-hydrogen) atoms. The summed E-state index contributed by atoms with van der Waals surface area (Å²) in [6, 6.07) is 15.0. The first-order valence-corrected chi connectivity index (χ1v) is 10.2. The molecule has 0 saturated heterocycles. The van der Waals surface area contributed by atoms with Crippen molar-refractivity contribution in [2.75, 3.05) is 11.9 Å². The number of anilines is 1. The molecule has 0 saturated carbocycles. The van der Waals surface area contributed by atoms with Crippen LogP contribution in [-0.4, -0.2) is 18.4 Å². The van der Waals surface area contributed by atoms with E-state index in [2.05, 4.69) is 17.6 Å². The first kappa shape index (κ1) is 20.0. The molecular weight excluding hydrogens is 372 g/mol. The Morgan fingerprint density at radius 3 is 2.71 bits per heavy atom. The van der Waals surface area contributed by atoms with Crippen LogP contribution in [0.25, 0.3) is 0 Å². The van der Waals surface area contributed by atoms with Crippen molar-refractivity contribution in [1.82, 2.24) is 5.32 Å². The molecule has 0 bridgehead atoms. The predicted molar refractivity (Wildman–Crippen MR) is 112 cm³/mol. The summed E-state index contributed by atoms with van der Waals surface area (Å²) in [7, 11) is 0. The van der Waals surface area contributed by atoms with E-state index in [4.69, 9.17) is 4.74 Å². The maximum Gasteiger partial charge on any atom is 0.262 e. The zero-order valence-electron chi connectivity index (χ0n) is 16.0. The Morgan fingerprint density at radius 2 is 1.96 bits per heavy atom. The lowest BCUT2D eigenvalue weighted by molar-refractivity contribution is -0.118. The van der Waals surface area contributed by atoms with Gasteiger partial charge in [-0.2, -0.15) is 0 Å². The third-order valence-electron chi connectivity index (χ3n) is 4.35. The molecule has 2 aromatic rings. The second-order valence-corrected chi connectivity index (χ2v) is 7.65. The van der Waals surface area contributed by atoms with Gasteiger partial charge in [0.15, 0.2) is 0 Å². The van der Waals surface area contributed by atoms with Crippen LogP contribution < -0.4 is 15.4 Å². The van der Waals surface area contributed by atoms with Crippen molar-refractivity contribution in [2.45, 2.75) is 37.6 Å². The van der Waals surface area contributed by atoms with Crippen molar-refractivity contribution in [3.63, 3.8) is 0 Å². The van der Waals surface area contributed by atoms with Gasteiger partial charge >= 0.3 is 0 Å². The molecule has 0 aliphatic carbocycles. The van der Waals surface area contributed by atoms with E-state index in [1.54, 1.807) is 0 Å². The van der Waals surface area contributed by atoms with E-state index < -0.39 is 0 Å². The van der Waals surface area contributed by atoms with Gasteiger partial charge in [0, 0.05) is 11.0 Å². The molecule has 146 valence electrons. The van der Waals surface area contributed by atoms with E-state index in [0.29, 0.717) is 11.5 Å². The van der Waals surface area contributed by atoms with Gasteiger partial charge in [0.25, 0.3) is 5.91 Å². The van der Waals surface area contributed by atoms with Crippen molar-refractivity contribution < 1.29 is 14.3 Å². The van der Waals surface area contributed by atoms with Gasteiger partial charge in [0.05, 0.1) is 23.2 Å². The monoisotopic (exact) mass is 396 g/mol. The Hall–Kier alpha value is -2.73. The summed E-state index contributed by atoms with van der Waals surface area (Å²) in [6.45, 7) is 4.74. The molecule has 6 heteroatoms. The fourth-order valence-corrected chi connectivity index (χ4v) is 3.67. The number of rotatable bonds is 7. The van der Waals surface area contributed by atoms with Crippen LogP contribution in [0.5, 0.6) is 5.75 Å². The number of fused-ring (bicyclic) bond motifs is 1. The number of unbranched alkanes of at least 4 members (excludes halogenated alkanes) is 1. The minimum Gasteiger partial charge on any atom is -0.494 e. The summed E-state index contributed by atoms with van der Waals surface area (Å²) in [5.41, 5.74) is 1.74. The normalized spacial score (nSPS) is 15.5. The number of nitrogens with one attached hydrogen (secondary N) is 2. The van der Waals surface area contributed by atoms with E-state index in [1.807, 2.05) is 55.5 Å². The first-order valence-electron chi connectivity index (χ1n) is 9.40. The van der Waals surface area contributed by atoms with Gasteiger partial charge in [-0.25, -0.2) is 0 Å². The minimum atomic E-state index is -0.298. The van der Waals surface area contributed by atoms with Crippen molar-refractivity contribution in [2.24, 2.45) is 0 Å². The Bertz CT molecular complexity index is 878. The molecule has 0 aromatic heterocycles. The lowest BCUT2D eigenvalue weighted by Gasteiger charge is -2.18. The van der Waals surface area contributed by atoms with Crippen molar-refractivity contribution in [3.05, 3.63) is 65.1 Å². The fraction of sp³-hybridized carbons (Fsp3) is 0.273. The molecule has 2 amide bonds. The lowest BCUT2D eigenvalue weighted by Crippen LogP contribution is -2.26. The van der Waals surface area contributed by atoms with Gasteiger partial charge in [-0.3, -0.25) is 9.59 Å². The maximum absolute atomic E-state index is 12.4. The van der Waals surface area contributed by atoms with Gasteiger partial charge in [-0.15, -0.1) is 0 Å². The fourth-order valence-electron chi connectivity index (χ4n) is 2.75. The van der Waals surface area contributed by atoms with Gasteiger partial charge in [0.1, 0.15) is 5.75 Å². The standard InChI is InChI=1S/C22H24N2O3S/c1-3-4-13-27-17-11-9-16(10-12-17)15(2)23-21(25)14-20-22(26)24-18-7-5-6-8-19(18)28-20/h5-12,14-15H,3-4,13H2,1-2H3,(H,23,25)(H,24,26)/b20-14-/t15-/m1/s1. The summed E-state index contributed by atoms with van der Waals surface area (Å²) in [5, 5.41) is 5.72. The Labute approximate surface area is 169 Å². The van der Waals surface area contributed by atoms with E-state index in [1.165, 1.54) is 17.8 Å². The topological polar surface area (TPSA) is 67.4 Å². The van der Waals surface area contributed by atoms with Crippen LogP contribution in [0.15, 0.2) is 64.4 Å². The average molecular weight is 397 g/mol. The van der Waals surface area contributed by atoms with Crippen molar-refractivity contribution >= 4 is 29.3 Å². The second-order valence-electron chi connectivity index (χ2n) is 6.56. The van der Waals surface area contributed by atoms with Crippen LogP contribution in [0.4, 0.5) is 5.69 Å². The van der Waals surface area contributed by atoms with Gasteiger partial charge in [-0.05, 0) is 43.2 Å². The van der Waals surface area contributed by atoms with Crippen molar-refractivity contribution in [1.29, 1.82) is 0 Å². The van der Waals surface area contributed by atoms with Crippen LogP contribution in [-0.2, 0) is 9.59 Å². The Kier molecular flexibility index (Phi) is 6.76. The van der Waals surface area contributed by atoms with E-state index in [-0.39, 0.29) is 17.9 Å². The molecule has 0 radical (unpaired) electrons.